The smallest absolute Gasteiger partial charge is 0.317 e. The van der Waals surface area contributed by atoms with Gasteiger partial charge in [0, 0.05) is 19.6 Å². The Balaban J connectivity index is 2.69. The summed E-state index contributed by atoms with van der Waals surface area (Å²) in [5.41, 5.74) is 0.977. The third-order valence-corrected chi connectivity index (χ3v) is 3.35. The summed E-state index contributed by atoms with van der Waals surface area (Å²) in [6.45, 7) is 10.5. The molecule has 0 atom stereocenters. The molecule has 2 amide bonds. The van der Waals surface area contributed by atoms with Crippen LogP contribution in [-0.2, 0) is 6.54 Å². The van der Waals surface area contributed by atoms with E-state index in [2.05, 4.69) is 33.0 Å². The number of nitrogens with zero attached hydrogens (tertiary/aromatic N) is 1. The molecule has 1 rings (SSSR count). The van der Waals surface area contributed by atoms with Crippen molar-refractivity contribution in [3.8, 4) is 11.5 Å². The number of urea groups is 1. The van der Waals surface area contributed by atoms with E-state index in [0.29, 0.717) is 29.9 Å². The van der Waals surface area contributed by atoms with E-state index >= 15 is 0 Å². The third-order valence-electron chi connectivity index (χ3n) is 3.35. The van der Waals surface area contributed by atoms with Crippen LogP contribution in [0.2, 0.25) is 0 Å². The van der Waals surface area contributed by atoms with Crippen molar-refractivity contribution in [1.82, 2.24) is 10.2 Å². The lowest BCUT2D eigenvalue weighted by Crippen LogP contribution is -2.43. The zero-order chi connectivity index (χ0) is 17.4. The van der Waals surface area contributed by atoms with Crippen LogP contribution >= 0.6 is 0 Å². The van der Waals surface area contributed by atoms with Crippen LogP contribution in [0.3, 0.4) is 0 Å². The van der Waals surface area contributed by atoms with Crippen LogP contribution in [0.5, 0.6) is 11.5 Å². The highest BCUT2D eigenvalue weighted by atomic mass is 16.5. The van der Waals surface area contributed by atoms with Crippen LogP contribution in [0, 0.1) is 11.8 Å². The molecule has 0 spiro atoms. The zero-order valence-electron chi connectivity index (χ0n) is 15.2. The summed E-state index contributed by atoms with van der Waals surface area (Å²) in [5.74, 6) is 2.24. The number of hydrogen-bond donors (Lipinski definition) is 1. The second-order valence-electron chi connectivity index (χ2n) is 6.54. The van der Waals surface area contributed by atoms with E-state index in [1.165, 1.54) is 0 Å². The van der Waals surface area contributed by atoms with E-state index in [9.17, 15) is 4.79 Å². The molecule has 23 heavy (non-hydrogen) atoms. The lowest BCUT2D eigenvalue weighted by molar-refractivity contribution is 0.183. The van der Waals surface area contributed by atoms with Crippen LogP contribution in [0.4, 0.5) is 4.79 Å². The molecule has 0 heterocycles. The van der Waals surface area contributed by atoms with E-state index < -0.39 is 0 Å². The average molecular weight is 322 g/mol. The van der Waals surface area contributed by atoms with E-state index in [1.807, 2.05) is 23.1 Å². The molecule has 0 unspecified atom stereocenters. The van der Waals surface area contributed by atoms with Gasteiger partial charge in [0.1, 0.15) is 0 Å². The van der Waals surface area contributed by atoms with Crippen LogP contribution < -0.4 is 14.8 Å². The quantitative estimate of drug-likeness (QED) is 0.796. The summed E-state index contributed by atoms with van der Waals surface area (Å²) < 4.78 is 10.5. The highest BCUT2D eigenvalue weighted by molar-refractivity contribution is 5.74. The Kier molecular flexibility index (Phi) is 7.72. The first-order valence-corrected chi connectivity index (χ1v) is 8.11. The molecule has 0 radical (unpaired) electrons. The first-order valence-electron chi connectivity index (χ1n) is 8.11. The van der Waals surface area contributed by atoms with Crippen molar-refractivity contribution >= 4 is 6.03 Å². The molecule has 0 saturated heterocycles. The summed E-state index contributed by atoms with van der Waals surface area (Å²) in [6, 6.07) is 5.63. The number of methoxy groups -OCH3 is 2. The van der Waals surface area contributed by atoms with Crippen molar-refractivity contribution in [3.63, 3.8) is 0 Å². The maximum Gasteiger partial charge on any atom is 0.317 e. The summed E-state index contributed by atoms with van der Waals surface area (Å²) in [6.07, 6.45) is 0. The van der Waals surface area contributed by atoms with Gasteiger partial charge in [-0.15, -0.1) is 0 Å². The minimum absolute atomic E-state index is 0.0258. The van der Waals surface area contributed by atoms with E-state index in [-0.39, 0.29) is 6.03 Å². The van der Waals surface area contributed by atoms with Gasteiger partial charge in [-0.3, -0.25) is 0 Å². The highest BCUT2D eigenvalue weighted by Gasteiger charge is 2.16. The largest absolute Gasteiger partial charge is 0.493 e. The van der Waals surface area contributed by atoms with E-state index in [1.54, 1.807) is 14.2 Å². The predicted molar refractivity (Wildman–Crippen MR) is 93.0 cm³/mol. The molecule has 1 aromatic carbocycles. The molecule has 0 fully saturated rings. The Morgan fingerprint density at radius 3 is 2.09 bits per heavy atom. The first-order chi connectivity index (χ1) is 10.9. The van der Waals surface area contributed by atoms with E-state index in [4.69, 9.17) is 9.47 Å². The van der Waals surface area contributed by atoms with Gasteiger partial charge in [-0.05, 0) is 29.5 Å². The number of benzene rings is 1. The molecule has 5 nitrogen and oxygen atoms in total. The monoisotopic (exact) mass is 322 g/mol. The SMILES string of the molecule is COc1ccc(CNC(=O)N(CC(C)C)CC(C)C)cc1OC. The zero-order valence-corrected chi connectivity index (χ0v) is 15.2. The molecular weight excluding hydrogens is 292 g/mol. The molecule has 0 aromatic heterocycles. The normalized spacial score (nSPS) is 10.8. The Morgan fingerprint density at radius 2 is 1.61 bits per heavy atom. The van der Waals surface area contributed by atoms with Gasteiger partial charge in [-0.1, -0.05) is 33.8 Å². The fourth-order valence-electron chi connectivity index (χ4n) is 2.40. The summed E-state index contributed by atoms with van der Waals surface area (Å²) >= 11 is 0. The average Bonchev–Trinajstić information content (AvgIpc) is 2.50. The van der Waals surface area contributed by atoms with Crippen molar-refractivity contribution in [3.05, 3.63) is 23.8 Å². The maximum atomic E-state index is 12.4. The molecule has 0 saturated carbocycles. The number of carbonyl (C=O) groups is 1. The van der Waals surface area contributed by atoms with Crippen molar-refractivity contribution in [2.75, 3.05) is 27.3 Å². The van der Waals surface area contributed by atoms with Gasteiger partial charge in [-0.25, -0.2) is 4.79 Å². The van der Waals surface area contributed by atoms with Crippen LogP contribution in [0.25, 0.3) is 0 Å². The second-order valence-corrected chi connectivity index (χ2v) is 6.54. The van der Waals surface area contributed by atoms with Crippen LogP contribution in [0.15, 0.2) is 18.2 Å². The molecular formula is C18H30N2O3. The minimum Gasteiger partial charge on any atom is -0.493 e. The Bertz CT molecular complexity index is 491. The topological polar surface area (TPSA) is 50.8 Å². The second kappa shape index (κ2) is 9.28. The number of amides is 2. The lowest BCUT2D eigenvalue weighted by atomic mass is 10.1. The Morgan fingerprint density at radius 1 is 1.04 bits per heavy atom. The van der Waals surface area contributed by atoms with Gasteiger partial charge in [0.15, 0.2) is 11.5 Å². The Hall–Kier alpha value is -1.91. The fraction of sp³-hybridized carbons (Fsp3) is 0.611. The minimum atomic E-state index is -0.0258. The lowest BCUT2D eigenvalue weighted by Gasteiger charge is -2.26. The molecule has 5 heteroatoms. The van der Waals surface area contributed by atoms with Crippen molar-refractivity contribution in [2.45, 2.75) is 34.2 Å². The molecule has 0 aliphatic heterocycles. The van der Waals surface area contributed by atoms with Gasteiger partial charge in [-0.2, -0.15) is 0 Å². The molecule has 1 N–H and O–H groups in total. The van der Waals surface area contributed by atoms with Crippen LogP contribution in [-0.4, -0.2) is 38.2 Å². The summed E-state index contributed by atoms with van der Waals surface area (Å²) in [7, 11) is 3.21. The Labute approximate surface area is 140 Å². The number of hydrogen-bond acceptors (Lipinski definition) is 3. The highest BCUT2D eigenvalue weighted by Crippen LogP contribution is 2.27. The molecule has 0 aliphatic rings. The third kappa shape index (κ3) is 6.38. The van der Waals surface area contributed by atoms with Gasteiger partial charge in [0.05, 0.1) is 14.2 Å². The molecule has 1 aromatic rings. The number of carbonyl (C=O) groups excluding carboxylic acids is 1. The summed E-state index contributed by atoms with van der Waals surface area (Å²) in [4.78, 5) is 14.3. The van der Waals surface area contributed by atoms with Gasteiger partial charge in [0.2, 0.25) is 0 Å². The first kappa shape index (κ1) is 19.1. The van der Waals surface area contributed by atoms with Gasteiger partial charge < -0.3 is 19.7 Å². The van der Waals surface area contributed by atoms with Crippen molar-refractivity contribution < 1.29 is 14.3 Å². The maximum absolute atomic E-state index is 12.4. The standard InChI is InChI=1S/C18H30N2O3/c1-13(2)11-20(12-14(3)4)18(21)19-10-15-7-8-16(22-5)17(9-15)23-6/h7-9,13-14H,10-12H2,1-6H3,(H,19,21). The van der Waals surface area contributed by atoms with Crippen molar-refractivity contribution in [2.24, 2.45) is 11.8 Å². The fourth-order valence-corrected chi connectivity index (χ4v) is 2.40. The number of nitrogens with one attached hydrogen (secondary N) is 1. The summed E-state index contributed by atoms with van der Waals surface area (Å²) in [5, 5.41) is 2.99. The van der Waals surface area contributed by atoms with Gasteiger partial charge >= 0.3 is 6.03 Å². The molecule has 0 bridgehead atoms. The van der Waals surface area contributed by atoms with E-state index in [0.717, 1.165) is 18.7 Å². The van der Waals surface area contributed by atoms with Crippen molar-refractivity contribution in [1.29, 1.82) is 0 Å². The molecule has 130 valence electrons. The number of ether oxygens (including phenoxy) is 2. The molecule has 0 aliphatic carbocycles. The van der Waals surface area contributed by atoms with Crippen LogP contribution in [0.1, 0.15) is 33.3 Å². The van der Waals surface area contributed by atoms with Gasteiger partial charge in [0.25, 0.3) is 0 Å². The predicted octanol–water partition coefficient (Wildman–Crippen LogP) is 3.53. The number of rotatable bonds is 8.